The maximum Gasteiger partial charge on any atom is 0.257 e. The van der Waals surface area contributed by atoms with Crippen molar-refractivity contribution in [3.8, 4) is 5.75 Å². The summed E-state index contributed by atoms with van der Waals surface area (Å²) < 4.78 is 5.61. The number of hydrogen-bond acceptors (Lipinski definition) is 4. The number of thiocarbonyl (C=S) groups is 1. The summed E-state index contributed by atoms with van der Waals surface area (Å²) in [5.74, 6) is 0.417. The predicted octanol–water partition coefficient (Wildman–Crippen LogP) is 5.51. The fraction of sp³-hybridized carbons (Fsp3) is 0.375. The Morgan fingerprint density at radius 2 is 1.58 bits per heavy atom. The third kappa shape index (κ3) is 9.17. The first kappa shape index (κ1) is 24.3. The summed E-state index contributed by atoms with van der Waals surface area (Å²) >= 11 is 5.26. The van der Waals surface area contributed by atoms with Crippen LogP contribution >= 0.6 is 12.2 Å². The van der Waals surface area contributed by atoms with Crippen molar-refractivity contribution in [3.63, 3.8) is 0 Å². The highest BCUT2D eigenvalue weighted by Crippen LogP contribution is 2.16. The van der Waals surface area contributed by atoms with Crippen LogP contribution in [0.1, 0.15) is 62.7 Å². The molecule has 7 heteroatoms. The summed E-state index contributed by atoms with van der Waals surface area (Å²) in [6.45, 7) is 4.87. The Labute approximate surface area is 189 Å². The second-order valence-corrected chi connectivity index (χ2v) is 7.63. The molecule has 0 aliphatic heterocycles. The average Bonchev–Trinajstić information content (AvgIpc) is 2.74. The van der Waals surface area contributed by atoms with Crippen LogP contribution in [0, 0.1) is 0 Å². The maximum atomic E-state index is 12.4. The Bertz CT molecular complexity index is 869. The van der Waals surface area contributed by atoms with E-state index >= 15 is 0 Å². The minimum absolute atomic E-state index is 0.0106. The van der Waals surface area contributed by atoms with Gasteiger partial charge < -0.3 is 15.4 Å². The van der Waals surface area contributed by atoms with Gasteiger partial charge in [0.15, 0.2) is 5.11 Å². The highest BCUT2D eigenvalue weighted by Gasteiger charge is 2.09. The number of unbranched alkanes of at least 4 members (excludes halogenated alkanes) is 3. The number of amides is 2. The van der Waals surface area contributed by atoms with Crippen molar-refractivity contribution in [1.29, 1.82) is 0 Å². The Hall–Kier alpha value is -2.93. The summed E-state index contributed by atoms with van der Waals surface area (Å²) in [5, 5.41) is 8.71. The van der Waals surface area contributed by atoms with E-state index in [1.54, 1.807) is 30.3 Å². The summed E-state index contributed by atoms with van der Waals surface area (Å²) in [4.78, 5) is 24.4. The van der Waals surface area contributed by atoms with Gasteiger partial charge in [-0.1, -0.05) is 39.2 Å². The quantitative estimate of drug-likeness (QED) is 0.316. The number of anilines is 2. The molecular weight excluding hydrogens is 410 g/mol. The van der Waals surface area contributed by atoms with E-state index in [0.29, 0.717) is 30.0 Å². The smallest absolute Gasteiger partial charge is 0.257 e. The number of carbonyl (C=O) groups is 2. The van der Waals surface area contributed by atoms with Crippen molar-refractivity contribution in [3.05, 3.63) is 54.1 Å². The average molecular weight is 442 g/mol. The van der Waals surface area contributed by atoms with Crippen LogP contribution in [0.4, 0.5) is 11.4 Å². The lowest BCUT2D eigenvalue weighted by Gasteiger charge is -2.12. The van der Waals surface area contributed by atoms with Crippen LogP contribution in [0.3, 0.4) is 0 Å². The molecule has 0 atom stereocenters. The fourth-order valence-corrected chi connectivity index (χ4v) is 3.02. The van der Waals surface area contributed by atoms with Gasteiger partial charge in [-0.15, -0.1) is 0 Å². The molecule has 2 amide bonds. The molecule has 2 rings (SSSR count). The summed E-state index contributed by atoms with van der Waals surface area (Å²) in [5.41, 5.74) is 1.84. The highest BCUT2D eigenvalue weighted by molar-refractivity contribution is 7.80. The van der Waals surface area contributed by atoms with Gasteiger partial charge in [0.1, 0.15) is 5.75 Å². The van der Waals surface area contributed by atoms with Crippen LogP contribution in [0.25, 0.3) is 0 Å². The number of hydrogen-bond donors (Lipinski definition) is 3. The molecule has 0 saturated heterocycles. The summed E-state index contributed by atoms with van der Waals surface area (Å²) in [6.07, 6.45) is 5.56. The first-order valence-corrected chi connectivity index (χ1v) is 11.2. The normalized spacial score (nSPS) is 10.3. The van der Waals surface area contributed by atoms with Crippen LogP contribution in [0.2, 0.25) is 0 Å². The Kier molecular flexibility index (Phi) is 10.5. The zero-order chi connectivity index (χ0) is 22.5. The van der Waals surface area contributed by atoms with Gasteiger partial charge in [0.05, 0.1) is 6.61 Å². The number of benzene rings is 2. The molecule has 0 aliphatic carbocycles. The molecule has 0 unspecified atom stereocenters. The third-order valence-electron chi connectivity index (χ3n) is 4.52. The van der Waals surface area contributed by atoms with Crippen molar-refractivity contribution in [1.82, 2.24) is 5.32 Å². The molecule has 2 aromatic rings. The van der Waals surface area contributed by atoms with Crippen molar-refractivity contribution >= 4 is 40.5 Å². The molecule has 0 saturated carbocycles. The van der Waals surface area contributed by atoms with Gasteiger partial charge in [-0.3, -0.25) is 14.9 Å². The van der Waals surface area contributed by atoms with Gasteiger partial charge in [0, 0.05) is 23.4 Å². The topological polar surface area (TPSA) is 79.5 Å². The fourth-order valence-electron chi connectivity index (χ4n) is 2.81. The zero-order valence-corrected chi connectivity index (χ0v) is 19.0. The van der Waals surface area contributed by atoms with Crippen LogP contribution in [-0.4, -0.2) is 23.5 Å². The number of rotatable bonds is 11. The lowest BCUT2D eigenvalue weighted by molar-refractivity contribution is -0.116. The van der Waals surface area contributed by atoms with Crippen molar-refractivity contribution in [2.75, 3.05) is 17.2 Å². The molecule has 0 aliphatic rings. The summed E-state index contributed by atoms with van der Waals surface area (Å²) in [7, 11) is 0. The molecule has 2 aromatic carbocycles. The largest absolute Gasteiger partial charge is 0.494 e. The predicted molar refractivity (Wildman–Crippen MR) is 130 cm³/mol. The first-order valence-electron chi connectivity index (χ1n) is 10.8. The van der Waals surface area contributed by atoms with Gasteiger partial charge >= 0.3 is 0 Å². The maximum absolute atomic E-state index is 12.4. The lowest BCUT2D eigenvalue weighted by Crippen LogP contribution is -2.34. The van der Waals surface area contributed by atoms with Crippen molar-refractivity contribution < 1.29 is 14.3 Å². The van der Waals surface area contributed by atoms with Crippen LogP contribution in [-0.2, 0) is 4.79 Å². The second kappa shape index (κ2) is 13.4. The van der Waals surface area contributed by atoms with Crippen molar-refractivity contribution in [2.24, 2.45) is 0 Å². The van der Waals surface area contributed by atoms with Gasteiger partial charge in [0.25, 0.3) is 5.91 Å². The van der Waals surface area contributed by atoms with E-state index in [2.05, 4.69) is 29.8 Å². The SMILES string of the molecule is CCCCCC(=O)Nc1cccc(NC(=S)NC(=O)c2ccc(OCCCC)cc2)c1. The minimum atomic E-state index is -0.307. The van der Waals surface area contributed by atoms with E-state index in [-0.39, 0.29) is 16.9 Å². The second-order valence-electron chi connectivity index (χ2n) is 7.22. The molecular formula is C24H31N3O3S. The standard InChI is InChI=1S/C24H31N3O3S/c1-3-5-7-11-22(28)25-19-9-8-10-20(17-19)26-24(31)27-23(29)18-12-14-21(15-13-18)30-16-6-4-2/h8-10,12-15,17H,3-7,11,16H2,1-2H3,(H,25,28)(H2,26,27,29,31). The Morgan fingerprint density at radius 3 is 2.26 bits per heavy atom. The van der Waals surface area contributed by atoms with Gasteiger partial charge in [-0.25, -0.2) is 0 Å². The number of carbonyl (C=O) groups excluding carboxylic acids is 2. The summed E-state index contributed by atoms with van der Waals surface area (Å²) in [6, 6.07) is 14.2. The van der Waals surface area contributed by atoms with E-state index in [0.717, 1.165) is 37.9 Å². The number of ether oxygens (including phenoxy) is 1. The van der Waals surface area contributed by atoms with Crippen molar-refractivity contribution in [2.45, 2.75) is 52.4 Å². The lowest BCUT2D eigenvalue weighted by atomic mass is 10.2. The molecule has 166 valence electrons. The molecule has 0 heterocycles. The molecule has 0 fully saturated rings. The Morgan fingerprint density at radius 1 is 0.903 bits per heavy atom. The number of nitrogens with one attached hydrogen (secondary N) is 3. The molecule has 31 heavy (non-hydrogen) atoms. The highest BCUT2D eigenvalue weighted by atomic mass is 32.1. The molecule has 3 N–H and O–H groups in total. The van der Waals surface area contributed by atoms with Gasteiger partial charge in [-0.05, 0) is 67.5 Å². The Balaban J connectivity index is 1.85. The zero-order valence-electron chi connectivity index (χ0n) is 18.2. The van der Waals surface area contributed by atoms with Crippen LogP contribution in [0.15, 0.2) is 48.5 Å². The van der Waals surface area contributed by atoms with E-state index < -0.39 is 0 Å². The molecule has 0 bridgehead atoms. The van der Waals surface area contributed by atoms with Crippen LogP contribution in [0.5, 0.6) is 5.75 Å². The molecule has 0 spiro atoms. The third-order valence-corrected chi connectivity index (χ3v) is 4.73. The van der Waals surface area contributed by atoms with E-state index in [9.17, 15) is 9.59 Å². The van der Waals surface area contributed by atoms with Gasteiger partial charge in [-0.2, -0.15) is 0 Å². The van der Waals surface area contributed by atoms with Crippen LogP contribution < -0.4 is 20.7 Å². The first-order chi connectivity index (χ1) is 15.0. The van der Waals surface area contributed by atoms with E-state index in [1.807, 2.05) is 18.2 Å². The molecule has 0 radical (unpaired) electrons. The molecule has 0 aromatic heterocycles. The molecule has 6 nitrogen and oxygen atoms in total. The van der Waals surface area contributed by atoms with E-state index in [4.69, 9.17) is 17.0 Å². The van der Waals surface area contributed by atoms with Gasteiger partial charge in [0.2, 0.25) is 5.91 Å². The minimum Gasteiger partial charge on any atom is -0.494 e. The monoisotopic (exact) mass is 441 g/mol. The van der Waals surface area contributed by atoms with E-state index in [1.165, 1.54) is 0 Å².